The van der Waals surface area contributed by atoms with Crippen LogP contribution in [-0.2, 0) is 14.8 Å². The molecule has 0 spiro atoms. The number of benzene rings is 1. The number of hydrogen-bond donors (Lipinski definition) is 2. The molecule has 0 amide bonds. The van der Waals surface area contributed by atoms with E-state index in [0.29, 0.717) is 5.56 Å². The van der Waals surface area contributed by atoms with Gasteiger partial charge >= 0.3 is 5.97 Å². The molecule has 1 aromatic carbocycles. The Labute approximate surface area is 113 Å². The van der Waals surface area contributed by atoms with E-state index >= 15 is 0 Å². The molecule has 0 saturated heterocycles. The summed E-state index contributed by atoms with van der Waals surface area (Å²) in [7, 11) is -2.45. The molecule has 0 fully saturated rings. The highest BCUT2D eigenvalue weighted by Crippen LogP contribution is 2.17. The molecular formula is C12H18N2O4S. The quantitative estimate of drug-likeness (QED) is 0.764. The van der Waals surface area contributed by atoms with Gasteiger partial charge < -0.3 is 10.5 Å². The molecule has 7 heteroatoms. The lowest BCUT2D eigenvalue weighted by molar-refractivity contribution is 0.0600. The minimum absolute atomic E-state index is 0.0519. The number of carbonyl (C=O) groups is 1. The van der Waals surface area contributed by atoms with Crippen molar-refractivity contribution in [3.05, 3.63) is 29.3 Å². The van der Waals surface area contributed by atoms with E-state index in [9.17, 15) is 13.2 Å². The van der Waals surface area contributed by atoms with Crippen LogP contribution in [0.25, 0.3) is 0 Å². The molecule has 106 valence electrons. The van der Waals surface area contributed by atoms with Crippen LogP contribution in [0.5, 0.6) is 0 Å². The van der Waals surface area contributed by atoms with Crippen molar-refractivity contribution in [2.75, 3.05) is 13.7 Å². The van der Waals surface area contributed by atoms with Crippen molar-refractivity contribution in [1.82, 2.24) is 4.72 Å². The topological polar surface area (TPSA) is 98.5 Å². The van der Waals surface area contributed by atoms with Crippen molar-refractivity contribution in [2.45, 2.75) is 24.8 Å². The maximum Gasteiger partial charge on any atom is 0.337 e. The fourth-order valence-electron chi connectivity index (χ4n) is 1.45. The standard InChI is InChI=1S/C12H18N2O4S/c1-8-4-5-10(12(15)18-3)6-11(8)19(16,17)14-7-9(2)13/h4-6,9,14H,7,13H2,1-3H3. The van der Waals surface area contributed by atoms with E-state index in [1.165, 1.54) is 19.2 Å². The number of carbonyl (C=O) groups excluding carboxylic acids is 1. The Balaban J connectivity index is 3.15. The molecule has 3 N–H and O–H groups in total. The monoisotopic (exact) mass is 286 g/mol. The molecule has 1 unspecified atom stereocenters. The summed E-state index contributed by atoms with van der Waals surface area (Å²) in [6.07, 6.45) is 0. The average molecular weight is 286 g/mol. The van der Waals surface area contributed by atoms with Gasteiger partial charge in [0.1, 0.15) is 0 Å². The average Bonchev–Trinajstić information content (AvgIpc) is 2.36. The van der Waals surface area contributed by atoms with Crippen LogP contribution in [0.3, 0.4) is 0 Å². The van der Waals surface area contributed by atoms with Gasteiger partial charge in [0.2, 0.25) is 10.0 Å². The van der Waals surface area contributed by atoms with E-state index in [1.807, 2.05) is 0 Å². The number of sulfonamides is 1. The van der Waals surface area contributed by atoms with Crippen LogP contribution in [0.2, 0.25) is 0 Å². The minimum atomic E-state index is -3.69. The Hall–Kier alpha value is -1.44. The molecule has 0 aromatic heterocycles. The third-order valence-corrected chi connectivity index (χ3v) is 4.06. The lowest BCUT2D eigenvalue weighted by Crippen LogP contribution is -2.35. The van der Waals surface area contributed by atoms with Gasteiger partial charge in [0, 0.05) is 12.6 Å². The van der Waals surface area contributed by atoms with E-state index in [4.69, 9.17) is 5.73 Å². The maximum absolute atomic E-state index is 12.1. The van der Waals surface area contributed by atoms with Crippen molar-refractivity contribution >= 4 is 16.0 Å². The maximum atomic E-state index is 12.1. The van der Waals surface area contributed by atoms with Crippen LogP contribution in [-0.4, -0.2) is 34.1 Å². The molecule has 0 radical (unpaired) electrons. The first-order chi connectivity index (χ1) is 8.77. The summed E-state index contributed by atoms with van der Waals surface area (Å²) in [5, 5.41) is 0. The highest BCUT2D eigenvalue weighted by atomic mass is 32.2. The molecule has 1 aromatic rings. The van der Waals surface area contributed by atoms with Gasteiger partial charge in [0.05, 0.1) is 17.6 Å². The van der Waals surface area contributed by atoms with Crippen LogP contribution >= 0.6 is 0 Å². The zero-order valence-corrected chi connectivity index (χ0v) is 12.0. The summed E-state index contributed by atoms with van der Waals surface area (Å²) in [6, 6.07) is 4.09. The van der Waals surface area contributed by atoms with Crippen molar-refractivity contribution in [3.8, 4) is 0 Å². The number of aryl methyl sites for hydroxylation is 1. The normalized spacial score (nSPS) is 13.1. The summed E-state index contributed by atoms with van der Waals surface area (Å²) in [4.78, 5) is 11.5. The smallest absolute Gasteiger partial charge is 0.337 e. The Bertz CT molecular complexity index is 567. The number of ether oxygens (including phenoxy) is 1. The number of methoxy groups -OCH3 is 1. The van der Waals surface area contributed by atoms with Gasteiger partial charge in [0.25, 0.3) is 0 Å². The van der Waals surface area contributed by atoms with E-state index in [-0.39, 0.29) is 23.0 Å². The fraction of sp³-hybridized carbons (Fsp3) is 0.417. The van der Waals surface area contributed by atoms with Gasteiger partial charge in [-0.05, 0) is 31.5 Å². The van der Waals surface area contributed by atoms with Crippen molar-refractivity contribution in [3.63, 3.8) is 0 Å². The number of rotatable bonds is 5. The first-order valence-corrected chi connectivity index (χ1v) is 7.20. The lowest BCUT2D eigenvalue weighted by Gasteiger charge is -2.12. The third-order valence-electron chi connectivity index (χ3n) is 2.49. The van der Waals surface area contributed by atoms with Crippen LogP contribution in [0, 0.1) is 6.92 Å². The summed E-state index contributed by atoms with van der Waals surface area (Å²) in [5.41, 5.74) is 6.25. The third kappa shape index (κ3) is 4.02. The van der Waals surface area contributed by atoms with E-state index < -0.39 is 16.0 Å². The Morgan fingerprint density at radius 3 is 2.63 bits per heavy atom. The van der Waals surface area contributed by atoms with E-state index in [2.05, 4.69) is 9.46 Å². The van der Waals surface area contributed by atoms with E-state index in [1.54, 1.807) is 19.9 Å². The predicted octanol–water partition coefficient (Wildman–Crippen LogP) is 0.407. The van der Waals surface area contributed by atoms with Crippen molar-refractivity contribution in [2.24, 2.45) is 5.73 Å². The molecular weight excluding hydrogens is 268 g/mol. The Kier molecular flexibility index (Phi) is 5.04. The van der Waals surface area contributed by atoms with E-state index in [0.717, 1.165) is 0 Å². The van der Waals surface area contributed by atoms with Crippen LogP contribution in [0.4, 0.5) is 0 Å². The molecule has 0 heterocycles. The Morgan fingerprint density at radius 2 is 2.11 bits per heavy atom. The molecule has 0 aliphatic carbocycles. The second-order valence-electron chi connectivity index (χ2n) is 4.30. The second kappa shape index (κ2) is 6.14. The number of esters is 1. The molecule has 0 bridgehead atoms. The molecule has 0 aliphatic rings. The lowest BCUT2D eigenvalue weighted by atomic mass is 10.1. The largest absolute Gasteiger partial charge is 0.465 e. The highest BCUT2D eigenvalue weighted by molar-refractivity contribution is 7.89. The molecule has 0 saturated carbocycles. The highest BCUT2D eigenvalue weighted by Gasteiger charge is 2.19. The summed E-state index contributed by atoms with van der Waals surface area (Å²) >= 11 is 0. The van der Waals surface area contributed by atoms with Gasteiger partial charge in [-0.2, -0.15) is 0 Å². The number of nitrogens with one attached hydrogen (secondary N) is 1. The second-order valence-corrected chi connectivity index (χ2v) is 6.04. The molecule has 1 atom stereocenters. The zero-order valence-electron chi connectivity index (χ0n) is 11.1. The zero-order chi connectivity index (χ0) is 14.6. The van der Waals surface area contributed by atoms with Gasteiger partial charge in [-0.1, -0.05) is 6.07 Å². The van der Waals surface area contributed by atoms with Gasteiger partial charge in [0.15, 0.2) is 0 Å². The van der Waals surface area contributed by atoms with Crippen LogP contribution in [0.15, 0.2) is 23.1 Å². The van der Waals surface area contributed by atoms with Gasteiger partial charge in [-0.15, -0.1) is 0 Å². The summed E-state index contributed by atoms with van der Waals surface area (Å²) < 4.78 is 31.2. The molecule has 1 rings (SSSR count). The molecule has 6 nitrogen and oxygen atoms in total. The minimum Gasteiger partial charge on any atom is -0.465 e. The number of hydrogen-bond acceptors (Lipinski definition) is 5. The number of nitrogens with two attached hydrogens (primary N) is 1. The molecule has 19 heavy (non-hydrogen) atoms. The summed E-state index contributed by atoms with van der Waals surface area (Å²) in [5.74, 6) is -0.580. The first kappa shape index (κ1) is 15.6. The van der Waals surface area contributed by atoms with Gasteiger partial charge in [-0.3, -0.25) is 0 Å². The Morgan fingerprint density at radius 1 is 1.47 bits per heavy atom. The van der Waals surface area contributed by atoms with Crippen LogP contribution < -0.4 is 10.5 Å². The summed E-state index contributed by atoms with van der Waals surface area (Å²) in [6.45, 7) is 3.48. The van der Waals surface area contributed by atoms with Crippen molar-refractivity contribution in [1.29, 1.82) is 0 Å². The van der Waals surface area contributed by atoms with Crippen LogP contribution in [0.1, 0.15) is 22.8 Å². The van der Waals surface area contributed by atoms with Gasteiger partial charge in [-0.25, -0.2) is 17.9 Å². The first-order valence-electron chi connectivity index (χ1n) is 5.72. The fourth-order valence-corrected chi connectivity index (χ4v) is 2.87. The van der Waals surface area contributed by atoms with Crippen molar-refractivity contribution < 1.29 is 17.9 Å². The predicted molar refractivity (Wildman–Crippen MR) is 71.4 cm³/mol. The SMILES string of the molecule is COC(=O)c1ccc(C)c(S(=O)(=O)NCC(C)N)c1. The molecule has 0 aliphatic heterocycles.